The van der Waals surface area contributed by atoms with Gasteiger partial charge in [-0.3, -0.25) is 28.8 Å². The second kappa shape index (κ2) is 32.7. The maximum Gasteiger partial charge on any atom is 0.435 e. The van der Waals surface area contributed by atoms with Gasteiger partial charge in [0, 0.05) is 35.0 Å². The lowest BCUT2D eigenvalue weighted by atomic mass is 10.1. The van der Waals surface area contributed by atoms with Gasteiger partial charge in [0.1, 0.15) is 33.6 Å². The van der Waals surface area contributed by atoms with Crippen molar-refractivity contribution in [2.24, 2.45) is 10.2 Å². The van der Waals surface area contributed by atoms with Crippen molar-refractivity contribution in [3.63, 3.8) is 0 Å². The number of ether oxygens (including phenoxy) is 6. The summed E-state index contributed by atoms with van der Waals surface area (Å²) in [5.74, 6) is -7.84. The van der Waals surface area contributed by atoms with Crippen molar-refractivity contribution in [2.45, 2.75) is 193 Å². The van der Waals surface area contributed by atoms with Crippen LogP contribution >= 0.6 is 58.0 Å². The van der Waals surface area contributed by atoms with E-state index < -0.39 is 145 Å². The van der Waals surface area contributed by atoms with Crippen LogP contribution in [0, 0.1) is 20.8 Å². The lowest BCUT2D eigenvalue weighted by Crippen LogP contribution is -2.48. The first-order chi connectivity index (χ1) is 47.4. The number of carbonyl (C=O) groups is 12. The van der Waals surface area contributed by atoms with Gasteiger partial charge in [0.2, 0.25) is 0 Å². The first kappa shape index (κ1) is 85.2. The number of carbonyl (C=O) groups excluding carboxylic acids is 12. The van der Waals surface area contributed by atoms with Gasteiger partial charge in [-0.25, -0.2) is 48.4 Å². The monoisotopic (exact) mass is 1530 g/mol. The molecule has 10 amide bonds. The molecule has 0 aliphatic carbocycles. The Morgan fingerprint density at radius 2 is 0.606 bits per heavy atom. The molecule has 558 valence electrons. The van der Waals surface area contributed by atoms with Crippen LogP contribution in [-0.2, 0) is 47.6 Å². The van der Waals surface area contributed by atoms with Gasteiger partial charge in [-0.05, 0) is 235 Å². The van der Waals surface area contributed by atoms with Crippen LogP contribution in [-0.4, -0.2) is 117 Å². The van der Waals surface area contributed by atoms with E-state index in [0.717, 1.165) is 50.2 Å². The fourth-order valence-corrected chi connectivity index (χ4v) is 9.92. The predicted octanol–water partition coefficient (Wildman–Crippen LogP) is 18.4. The molecule has 0 N–H and O–H groups in total. The zero-order valence-corrected chi connectivity index (χ0v) is 65.7. The topological polar surface area (TPSA) is 304 Å². The number of benzene rings is 5. The molecular formula is C73H83Cl5N8O18. The number of aryl methyl sites for hydroxylation is 1. The number of nitrogens with zero attached hydrogens (tertiary/aromatic N) is 8. The number of rotatable bonds is 14. The van der Waals surface area contributed by atoms with Crippen LogP contribution in [0.1, 0.15) is 176 Å². The summed E-state index contributed by atoms with van der Waals surface area (Å²) in [6, 6.07) is 17.5. The standard InChI is InChI=1S/C73H83Cl5N8O18/c1-38-34-53(84(65(96)102-71(15,16)17)61(92)57(42(5)88)80-86(67(98)104-73(21,22)23)55-36-44(31-33-48(55)77)59(90)82(63(94)100-69(9,10)11)51-29-25-27-46(75)40(51)3)49(78)37-52(38)83(64(95)101-70(12,13)14)60(91)56(41(4)87)79-85(66(97)103-72(18,19)20)54-35-43(30-32-47(54)76)58(89)81(62(93)99-68(6,7)8)50-28-24-26-45(74)39(50)2/h24-37H,1-23H3. The third-order valence-electron chi connectivity index (χ3n) is 13.3. The van der Waals surface area contributed by atoms with E-state index in [9.17, 15) is 47.9 Å². The summed E-state index contributed by atoms with van der Waals surface area (Å²) in [6.45, 7) is 32.9. The zero-order chi connectivity index (χ0) is 79.3. The molecule has 0 heterocycles. The summed E-state index contributed by atoms with van der Waals surface area (Å²) in [4.78, 5) is 178. The summed E-state index contributed by atoms with van der Waals surface area (Å²) in [7, 11) is 0. The minimum absolute atomic E-state index is 0.00325. The molecule has 0 aliphatic rings. The van der Waals surface area contributed by atoms with Crippen LogP contribution in [0.5, 0.6) is 0 Å². The average Bonchev–Trinajstić information content (AvgIpc) is 0.776. The quantitative estimate of drug-likeness (QED) is 0.0431. The van der Waals surface area contributed by atoms with Gasteiger partial charge in [-0.2, -0.15) is 20.2 Å². The molecule has 0 saturated carbocycles. The lowest BCUT2D eigenvalue weighted by Gasteiger charge is -2.30. The Bertz CT molecular complexity index is 4100. The van der Waals surface area contributed by atoms with Crippen molar-refractivity contribution in [3.05, 3.63) is 138 Å². The molecule has 5 aromatic carbocycles. The first-order valence-electron chi connectivity index (χ1n) is 31.9. The van der Waals surface area contributed by atoms with E-state index in [1.807, 2.05) is 0 Å². The molecule has 0 aromatic heterocycles. The summed E-state index contributed by atoms with van der Waals surface area (Å²) in [5, 5.41) is 8.11. The fraction of sp³-hybridized carbons (Fsp3) is 0.397. The van der Waals surface area contributed by atoms with E-state index in [4.69, 9.17) is 86.4 Å². The Labute approximate surface area is 628 Å². The minimum Gasteiger partial charge on any atom is -0.443 e. The number of Topliss-reactive ketones (excluding diaryl/α,β-unsaturated/α-hetero) is 2. The van der Waals surface area contributed by atoms with Crippen LogP contribution in [0.2, 0.25) is 25.1 Å². The van der Waals surface area contributed by atoms with Crippen LogP contribution in [0.4, 0.5) is 62.9 Å². The third kappa shape index (κ3) is 22.3. The van der Waals surface area contributed by atoms with Crippen molar-refractivity contribution in [2.75, 3.05) is 29.6 Å². The van der Waals surface area contributed by atoms with E-state index in [-0.39, 0.29) is 58.6 Å². The Hall–Kier alpha value is -9.47. The number of hydrogen-bond donors (Lipinski definition) is 0. The van der Waals surface area contributed by atoms with Crippen molar-refractivity contribution >= 4 is 175 Å². The summed E-state index contributed by atoms with van der Waals surface area (Å²) in [6.07, 6.45) is -8.15. The Balaban J connectivity index is 1.80. The van der Waals surface area contributed by atoms with Crippen LogP contribution in [0.3, 0.4) is 0 Å². The molecule has 31 heteroatoms. The Morgan fingerprint density at radius 1 is 0.317 bits per heavy atom. The van der Waals surface area contributed by atoms with Gasteiger partial charge in [-0.15, -0.1) is 0 Å². The van der Waals surface area contributed by atoms with Crippen molar-refractivity contribution in [1.29, 1.82) is 0 Å². The molecule has 5 aromatic rings. The molecule has 0 bridgehead atoms. The van der Waals surface area contributed by atoms with E-state index in [0.29, 0.717) is 30.3 Å². The minimum atomic E-state index is -1.65. The highest BCUT2D eigenvalue weighted by atomic mass is 35.5. The van der Waals surface area contributed by atoms with Gasteiger partial charge >= 0.3 is 36.6 Å². The van der Waals surface area contributed by atoms with E-state index in [1.54, 1.807) is 55.4 Å². The van der Waals surface area contributed by atoms with Crippen LogP contribution in [0.15, 0.2) is 95.1 Å². The Morgan fingerprint density at radius 3 is 0.904 bits per heavy atom. The number of anilines is 6. The molecule has 5 rings (SSSR count). The predicted molar refractivity (Wildman–Crippen MR) is 399 cm³/mol. The number of hydrazone groups is 2. The number of hydrogen-bond acceptors (Lipinski definition) is 20. The second-order valence-electron chi connectivity index (χ2n) is 29.3. The van der Waals surface area contributed by atoms with E-state index in [2.05, 4.69) is 10.2 Å². The SMILES string of the molecule is CC(=O)C(=NN(C(=O)OC(C)(C)C)c1cc(C(=O)N(C(=O)OC(C)(C)C)c2cccc(Cl)c2C)ccc1Cl)C(=O)N(C(=O)OC(C)(C)C)c1cc(Cl)c(N(C(=O)OC(C)(C)C)C(=O)C(=NN(C(=O)OC(C)(C)C)c2cc(C(=O)N(C(=O)OC(C)(C)C)c3cccc(Cl)c3C)ccc2Cl)C(C)=O)cc1C. The normalized spacial score (nSPS) is 12.2. The van der Waals surface area contributed by atoms with Crippen molar-refractivity contribution in [3.8, 4) is 0 Å². The van der Waals surface area contributed by atoms with E-state index in [1.165, 1.54) is 139 Å². The van der Waals surface area contributed by atoms with Gasteiger partial charge in [-0.1, -0.05) is 70.1 Å². The van der Waals surface area contributed by atoms with Gasteiger partial charge < -0.3 is 28.4 Å². The maximum absolute atomic E-state index is 15.5. The highest BCUT2D eigenvalue weighted by Crippen LogP contribution is 2.40. The summed E-state index contributed by atoms with van der Waals surface area (Å²) in [5.41, 5.74) is -12.9. The van der Waals surface area contributed by atoms with Gasteiger partial charge in [0.05, 0.1) is 49.2 Å². The highest BCUT2D eigenvalue weighted by molar-refractivity contribution is 6.70. The molecular weight excluding hydrogens is 1450 g/mol. The van der Waals surface area contributed by atoms with E-state index >= 15 is 9.59 Å². The molecule has 0 radical (unpaired) electrons. The molecule has 26 nitrogen and oxygen atoms in total. The molecule has 0 fully saturated rings. The van der Waals surface area contributed by atoms with Crippen molar-refractivity contribution < 1.29 is 86.0 Å². The molecule has 0 saturated heterocycles. The van der Waals surface area contributed by atoms with Gasteiger partial charge in [0.15, 0.2) is 23.0 Å². The maximum atomic E-state index is 15.5. The third-order valence-corrected chi connectivity index (χ3v) is 15.0. The molecule has 0 atom stereocenters. The Kier molecular flexibility index (Phi) is 26.8. The van der Waals surface area contributed by atoms with Crippen LogP contribution in [0.25, 0.3) is 0 Å². The first-order valence-corrected chi connectivity index (χ1v) is 33.8. The number of amides is 10. The summed E-state index contributed by atoms with van der Waals surface area (Å²) < 4.78 is 34.1. The smallest absolute Gasteiger partial charge is 0.435 e. The largest absolute Gasteiger partial charge is 0.443 e. The summed E-state index contributed by atoms with van der Waals surface area (Å²) >= 11 is 33.7. The average molecular weight is 1540 g/mol. The van der Waals surface area contributed by atoms with Gasteiger partial charge in [0.25, 0.3) is 23.6 Å². The zero-order valence-electron chi connectivity index (χ0n) is 61.9. The molecule has 0 unspecified atom stereocenters. The second-order valence-corrected chi connectivity index (χ2v) is 31.3. The van der Waals surface area contributed by atoms with Crippen LogP contribution < -0.4 is 29.6 Å². The number of imide groups is 4. The molecule has 0 aliphatic heterocycles. The fourth-order valence-electron chi connectivity index (χ4n) is 8.95. The number of halogens is 5. The molecule has 104 heavy (non-hydrogen) atoms. The number of ketones is 2. The highest BCUT2D eigenvalue weighted by Gasteiger charge is 2.42. The molecule has 0 spiro atoms. The lowest BCUT2D eigenvalue weighted by molar-refractivity contribution is -0.117. The van der Waals surface area contributed by atoms with Crippen molar-refractivity contribution in [1.82, 2.24) is 0 Å².